The van der Waals surface area contributed by atoms with Gasteiger partial charge in [0, 0.05) is 11.8 Å². The lowest BCUT2D eigenvalue weighted by atomic mass is 10.1. The molecular formula is C20H17N3O3S2. The molecule has 0 spiro atoms. The van der Waals surface area contributed by atoms with Gasteiger partial charge < -0.3 is 4.74 Å². The van der Waals surface area contributed by atoms with E-state index in [0.29, 0.717) is 11.4 Å². The molecule has 0 radical (unpaired) electrons. The third-order valence-corrected chi connectivity index (χ3v) is 6.74. The Hall–Kier alpha value is -2.97. The van der Waals surface area contributed by atoms with Crippen LogP contribution >= 0.6 is 11.3 Å². The molecule has 0 amide bonds. The lowest BCUT2D eigenvalue weighted by Crippen LogP contribution is -2.13. The fourth-order valence-corrected chi connectivity index (χ4v) is 4.93. The summed E-state index contributed by atoms with van der Waals surface area (Å²) in [6.07, 6.45) is 1.73. The van der Waals surface area contributed by atoms with Crippen molar-refractivity contribution in [2.45, 2.75) is 11.8 Å². The monoisotopic (exact) mass is 411 g/mol. The minimum atomic E-state index is -3.72. The van der Waals surface area contributed by atoms with Crippen molar-refractivity contribution in [3.63, 3.8) is 0 Å². The first-order chi connectivity index (χ1) is 13.5. The summed E-state index contributed by atoms with van der Waals surface area (Å²) >= 11 is 1.48. The van der Waals surface area contributed by atoms with E-state index in [-0.39, 0.29) is 4.90 Å². The molecule has 0 aliphatic heterocycles. The van der Waals surface area contributed by atoms with E-state index in [4.69, 9.17) is 4.74 Å². The number of hydrogen-bond donors (Lipinski definition) is 1. The molecule has 4 rings (SSSR count). The van der Waals surface area contributed by atoms with Gasteiger partial charge >= 0.3 is 0 Å². The van der Waals surface area contributed by atoms with E-state index >= 15 is 0 Å². The fourth-order valence-electron chi connectivity index (χ4n) is 2.82. The van der Waals surface area contributed by atoms with Gasteiger partial charge in [-0.25, -0.2) is 18.4 Å². The molecule has 1 N–H and O–H groups in total. The molecule has 4 aromatic rings. The number of fused-ring (bicyclic) bond motifs is 1. The maximum absolute atomic E-state index is 12.8. The summed E-state index contributed by atoms with van der Waals surface area (Å²) in [4.78, 5) is 9.97. The van der Waals surface area contributed by atoms with Crippen LogP contribution in [0.2, 0.25) is 0 Å². The normalized spacial score (nSPS) is 11.5. The number of nitrogens with zero attached hydrogens (tertiary/aromatic N) is 2. The number of methoxy groups -OCH3 is 1. The average Bonchev–Trinajstić information content (AvgIpc) is 3.13. The molecule has 0 saturated carbocycles. The molecule has 8 heteroatoms. The lowest BCUT2D eigenvalue weighted by Gasteiger charge is -2.13. The third kappa shape index (κ3) is 3.44. The van der Waals surface area contributed by atoms with Crippen LogP contribution in [0.15, 0.2) is 65.7 Å². The zero-order valence-electron chi connectivity index (χ0n) is 15.2. The summed E-state index contributed by atoms with van der Waals surface area (Å²) in [7, 11) is -2.18. The minimum Gasteiger partial charge on any atom is -0.497 e. The summed E-state index contributed by atoms with van der Waals surface area (Å²) in [5.41, 5.74) is 3.02. The molecule has 0 bridgehead atoms. The second kappa shape index (κ2) is 7.21. The number of hydrogen-bond acceptors (Lipinski definition) is 6. The molecule has 0 atom stereocenters. The first kappa shape index (κ1) is 18.4. The van der Waals surface area contributed by atoms with E-state index in [9.17, 15) is 8.42 Å². The standard InChI is InChI=1S/C20H17N3O3S2/c1-13-16(19-22-18-7-4-12-21-20(18)27-19)5-3-6-17(13)23-28(24,25)15-10-8-14(26-2)9-11-15/h3-12,23H,1-2H3. The molecule has 0 aliphatic carbocycles. The van der Waals surface area contributed by atoms with E-state index in [1.165, 1.54) is 30.6 Å². The van der Waals surface area contributed by atoms with Gasteiger partial charge in [0.2, 0.25) is 0 Å². The molecule has 2 aromatic heterocycles. The molecule has 6 nitrogen and oxygen atoms in total. The molecule has 0 aliphatic rings. The van der Waals surface area contributed by atoms with Crippen molar-refractivity contribution >= 4 is 37.4 Å². The Morgan fingerprint density at radius 1 is 1.04 bits per heavy atom. The van der Waals surface area contributed by atoms with Gasteiger partial charge in [-0.3, -0.25) is 4.72 Å². The third-order valence-electron chi connectivity index (χ3n) is 4.34. The number of nitrogens with one attached hydrogen (secondary N) is 1. The summed E-state index contributed by atoms with van der Waals surface area (Å²) < 4.78 is 33.3. The van der Waals surface area contributed by atoms with E-state index < -0.39 is 10.0 Å². The van der Waals surface area contributed by atoms with Crippen molar-refractivity contribution in [2.24, 2.45) is 0 Å². The van der Waals surface area contributed by atoms with Crippen molar-refractivity contribution < 1.29 is 13.2 Å². The van der Waals surface area contributed by atoms with Crippen molar-refractivity contribution in [3.8, 4) is 16.3 Å². The van der Waals surface area contributed by atoms with Crippen LogP contribution in [-0.4, -0.2) is 25.5 Å². The van der Waals surface area contributed by atoms with Crippen molar-refractivity contribution in [2.75, 3.05) is 11.8 Å². The van der Waals surface area contributed by atoms with E-state index in [1.807, 2.05) is 31.2 Å². The predicted molar refractivity (Wildman–Crippen MR) is 111 cm³/mol. The first-order valence-corrected chi connectivity index (χ1v) is 10.8. The highest BCUT2D eigenvalue weighted by Gasteiger charge is 2.18. The zero-order valence-corrected chi connectivity index (χ0v) is 16.8. The summed E-state index contributed by atoms with van der Waals surface area (Å²) in [6, 6.07) is 15.5. The van der Waals surface area contributed by atoms with Gasteiger partial charge in [-0.15, -0.1) is 0 Å². The Morgan fingerprint density at radius 3 is 2.54 bits per heavy atom. The molecule has 0 fully saturated rings. The second-order valence-electron chi connectivity index (χ2n) is 6.11. The highest BCUT2D eigenvalue weighted by Crippen LogP contribution is 2.34. The fraction of sp³-hybridized carbons (Fsp3) is 0.100. The average molecular weight is 412 g/mol. The summed E-state index contributed by atoms with van der Waals surface area (Å²) in [5, 5.41) is 0.802. The zero-order chi connectivity index (χ0) is 19.7. The van der Waals surface area contributed by atoms with Crippen LogP contribution in [0, 0.1) is 6.92 Å². The van der Waals surface area contributed by atoms with Gasteiger partial charge in [-0.1, -0.05) is 23.5 Å². The number of rotatable bonds is 5. The van der Waals surface area contributed by atoms with E-state index in [2.05, 4.69) is 14.7 Å². The van der Waals surface area contributed by atoms with E-state index in [1.54, 1.807) is 24.4 Å². The Bertz CT molecular complexity index is 1220. The Balaban J connectivity index is 1.69. The molecule has 0 unspecified atom stereocenters. The van der Waals surface area contributed by atoms with Crippen LogP contribution in [-0.2, 0) is 10.0 Å². The van der Waals surface area contributed by atoms with E-state index in [0.717, 1.165) is 26.5 Å². The van der Waals surface area contributed by atoms with Crippen LogP contribution in [0.4, 0.5) is 5.69 Å². The summed E-state index contributed by atoms with van der Waals surface area (Å²) in [5.74, 6) is 0.599. The number of ether oxygens (including phenoxy) is 1. The van der Waals surface area contributed by atoms with Gasteiger partial charge in [0.1, 0.15) is 21.1 Å². The number of anilines is 1. The topological polar surface area (TPSA) is 81.2 Å². The summed E-state index contributed by atoms with van der Waals surface area (Å²) in [6.45, 7) is 1.88. The molecule has 0 saturated heterocycles. The van der Waals surface area contributed by atoms with Crippen LogP contribution < -0.4 is 9.46 Å². The molecule has 2 heterocycles. The smallest absolute Gasteiger partial charge is 0.261 e. The molecular weight excluding hydrogens is 394 g/mol. The first-order valence-electron chi connectivity index (χ1n) is 8.46. The highest BCUT2D eigenvalue weighted by molar-refractivity contribution is 7.92. The van der Waals surface area contributed by atoms with Gasteiger partial charge in [0.25, 0.3) is 10.0 Å². The van der Waals surface area contributed by atoms with Crippen LogP contribution in [0.1, 0.15) is 5.56 Å². The largest absolute Gasteiger partial charge is 0.497 e. The lowest BCUT2D eigenvalue weighted by molar-refractivity contribution is 0.414. The Labute approximate surface area is 166 Å². The van der Waals surface area contributed by atoms with Gasteiger partial charge in [0.15, 0.2) is 0 Å². The van der Waals surface area contributed by atoms with Crippen molar-refractivity contribution in [3.05, 3.63) is 66.4 Å². The molecule has 142 valence electrons. The minimum absolute atomic E-state index is 0.169. The Kier molecular flexibility index (Phi) is 4.74. The van der Waals surface area contributed by atoms with Gasteiger partial charge in [-0.2, -0.15) is 0 Å². The highest BCUT2D eigenvalue weighted by atomic mass is 32.2. The van der Waals surface area contributed by atoms with Crippen LogP contribution in [0.5, 0.6) is 5.75 Å². The SMILES string of the molecule is COc1ccc(S(=O)(=O)Nc2cccc(-c3nc4cccnc4s3)c2C)cc1. The van der Waals surface area contributed by atoms with Gasteiger partial charge in [0.05, 0.1) is 17.7 Å². The predicted octanol–water partition coefficient (Wildman–Crippen LogP) is 4.48. The van der Waals surface area contributed by atoms with Crippen LogP contribution in [0.3, 0.4) is 0 Å². The maximum Gasteiger partial charge on any atom is 0.261 e. The molecule has 28 heavy (non-hydrogen) atoms. The molecule has 2 aromatic carbocycles. The second-order valence-corrected chi connectivity index (χ2v) is 8.77. The van der Waals surface area contributed by atoms with Crippen molar-refractivity contribution in [1.29, 1.82) is 0 Å². The number of benzene rings is 2. The Morgan fingerprint density at radius 2 is 1.82 bits per heavy atom. The van der Waals surface area contributed by atoms with Crippen molar-refractivity contribution in [1.82, 2.24) is 9.97 Å². The number of thiazole rings is 1. The quantitative estimate of drug-likeness (QED) is 0.524. The van der Waals surface area contributed by atoms with Crippen LogP contribution in [0.25, 0.3) is 20.9 Å². The number of aromatic nitrogens is 2. The van der Waals surface area contributed by atoms with Gasteiger partial charge in [-0.05, 0) is 55.0 Å². The number of sulfonamides is 1. The maximum atomic E-state index is 12.8. The number of pyridine rings is 1.